The molecule has 3 heterocycles. The lowest BCUT2D eigenvalue weighted by Crippen LogP contribution is -2.61. The molecule has 0 radical (unpaired) electrons. The Bertz CT molecular complexity index is 989. The van der Waals surface area contributed by atoms with Crippen molar-refractivity contribution in [1.82, 2.24) is 19.8 Å². The van der Waals surface area contributed by atoms with Crippen LogP contribution >= 0.6 is 0 Å². The van der Waals surface area contributed by atoms with Crippen LogP contribution in [0.5, 0.6) is 0 Å². The van der Waals surface area contributed by atoms with Crippen molar-refractivity contribution in [2.45, 2.75) is 52.5 Å². The molecule has 1 aromatic carbocycles. The lowest BCUT2D eigenvalue weighted by molar-refractivity contribution is -0.0681. The van der Waals surface area contributed by atoms with Gasteiger partial charge in [0.25, 0.3) is 0 Å². The van der Waals surface area contributed by atoms with Crippen LogP contribution in [-0.4, -0.2) is 58.6 Å². The summed E-state index contributed by atoms with van der Waals surface area (Å²) in [6, 6.07) is 9.45. The molecule has 6 nitrogen and oxygen atoms in total. The number of hydrogen-bond donors (Lipinski definition) is 0. The van der Waals surface area contributed by atoms with Gasteiger partial charge in [-0.25, -0.2) is 14.8 Å². The van der Waals surface area contributed by atoms with Crippen LogP contribution in [-0.2, 0) is 11.2 Å². The molecule has 2 saturated heterocycles. The molecule has 0 unspecified atom stereocenters. The zero-order valence-corrected chi connectivity index (χ0v) is 19.5. The number of benzene rings is 1. The number of rotatable bonds is 4. The molecule has 0 bridgehead atoms. The first-order valence-corrected chi connectivity index (χ1v) is 12.0. The number of fused-ring (bicyclic) bond motifs is 1. The van der Waals surface area contributed by atoms with Gasteiger partial charge in [-0.3, -0.25) is 4.90 Å². The maximum Gasteiger partial charge on any atom is 0.409 e. The normalized spacial score (nSPS) is 22.1. The number of aromatic nitrogens is 2. The smallest absolute Gasteiger partial charge is 0.409 e. The summed E-state index contributed by atoms with van der Waals surface area (Å²) < 4.78 is 5.42. The number of piperidine rings is 1. The first kappa shape index (κ1) is 21.4. The fourth-order valence-electron chi connectivity index (χ4n) is 5.59. The van der Waals surface area contributed by atoms with Crippen LogP contribution in [0.4, 0.5) is 4.79 Å². The Morgan fingerprint density at radius 2 is 1.97 bits per heavy atom. The molecule has 32 heavy (non-hydrogen) atoms. The molecule has 2 aliphatic heterocycles. The molecule has 1 aromatic heterocycles. The first-order valence-electron chi connectivity index (χ1n) is 12.0. The van der Waals surface area contributed by atoms with Gasteiger partial charge in [0, 0.05) is 43.5 Å². The van der Waals surface area contributed by atoms with Gasteiger partial charge in [-0.2, -0.15) is 0 Å². The van der Waals surface area contributed by atoms with Crippen molar-refractivity contribution in [3.63, 3.8) is 0 Å². The van der Waals surface area contributed by atoms with E-state index in [1.807, 2.05) is 11.8 Å². The third kappa shape index (κ3) is 4.13. The average molecular weight is 435 g/mol. The second kappa shape index (κ2) is 8.47. The zero-order valence-electron chi connectivity index (χ0n) is 19.5. The summed E-state index contributed by atoms with van der Waals surface area (Å²) in [5.41, 5.74) is 6.53. The van der Waals surface area contributed by atoms with Gasteiger partial charge in [-0.05, 0) is 67.2 Å². The van der Waals surface area contributed by atoms with Crippen LogP contribution in [0.3, 0.4) is 0 Å². The molecule has 3 aliphatic rings. The second-order valence-electron chi connectivity index (χ2n) is 10.4. The zero-order chi connectivity index (χ0) is 22.3. The third-order valence-electron chi connectivity index (χ3n) is 7.43. The highest BCUT2D eigenvalue weighted by atomic mass is 16.6. The molecule has 1 atom stereocenters. The predicted molar refractivity (Wildman–Crippen MR) is 124 cm³/mol. The molecule has 1 aliphatic carbocycles. The Hall–Kier alpha value is -2.47. The van der Waals surface area contributed by atoms with E-state index in [1.54, 1.807) is 6.33 Å². The van der Waals surface area contributed by atoms with E-state index in [0.29, 0.717) is 24.0 Å². The Labute approximate surface area is 191 Å². The standard InChI is InChI=1S/C26H34N4O2/c1-18(2)14-32-25(31)29-10-8-26(9-11-29)15-30(16-26)24-7-5-20-13-21(4-6-22(20)24)23-12-19(3)27-17-28-23/h4,6,12-13,17-18,24H,5,7-11,14-16H2,1-3H3/t24-/m1/s1. The minimum Gasteiger partial charge on any atom is -0.449 e. The second-order valence-corrected chi connectivity index (χ2v) is 10.4. The van der Waals surface area contributed by atoms with E-state index >= 15 is 0 Å². The summed E-state index contributed by atoms with van der Waals surface area (Å²) in [4.78, 5) is 25.5. The lowest BCUT2D eigenvalue weighted by atomic mass is 9.71. The highest BCUT2D eigenvalue weighted by Gasteiger charge is 2.48. The van der Waals surface area contributed by atoms with Gasteiger partial charge in [0.1, 0.15) is 6.33 Å². The highest BCUT2D eigenvalue weighted by Crippen LogP contribution is 2.48. The third-order valence-corrected chi connectivity index (χ3v) is 7.43. The summed E-state index contributed by atoms with van der Waals surface area (Å²) in [5, 5.41) is 0. The van der Waals surface area contributed by atoms with Gasteiger partial charge in [-0.15, -0.1) is 0 Å². The van der Waals surface area contributed by atoms with Crippen LogP contribution in [0.25, 0.3) is 11.3 Å². The first-order chi connectivity index (χ1) is 15.4. The number of nitrogens with zero attached hydrogens (tertiary/aromatic N) is 4. The quantitative estimate of drug-likeness (QED) is 0.702. The maximum atomic E-state index is 12.3. The van der Waals surface area contributed by atoms with Gasteiger partial charge < -0.3 is 9.64 Å². The van der Waals surface area contributed by atoms with Crippen LogP contribution in [0, 0.1) is 18.3 Å². The van der Waals surface area contributed by atoms with Gasteiger partial charge in [-0.1, -0.05) is 26.0 Å². The van der Waals surface area contributed by atoms with Gasteiger partial charge in [0.15, 0.2) is 0 Å². The van der Waals surface area contributed by atoms with Crippen molar-refractivity contribution < 1.29 is 9.53 Å². The highest BCUT2D eigenvalue weighted by molar-refractivity contribution is 5.67. The van der Waals surface area contributed by atoms with E-state index in [-0.39, 0.29) is 6.09 Å². The molecule has 2 aromatic rings. The van der Waals surface area contributed by atoms with Crippen LogP contribution in [0.15, 0.2) is 30.6 Å². The molecular weight excluding hydrogens is 400 g/mol. The molecule has 0 N–H and O–H groups in total. The van der Waals surface area contributed by atoms with Gasteiger partial charge in [0.2, 0.25) is 0 Å². The average Bonchev–Trinajstić information content (AvgIpc) is 3.19. The van der Waals surface area contributed by atoms with E-state index in [0.717, 1.165) is 56.8 Å². The fraction of sp³-hybridized carbons (Fsp3) is 0.577. The summed E-state index contributed by atoms with van der Waals surface area (Å²) in [7, 11) is 0. The summed E-state index contributed by atoms with van der Waals surface area (Å²) >= 11 is 0. The van der Waals surface area contributed by atoms with Crippen molar-refractivity contribution in [2.75, 3.05) is 32.8 Å². The van der Waals surface area contributed by atoms with E-state index in [4.69, 9.17) is 4.74 Å². The van der Waals surface area contributed by atoms with Crippen LogP contribution < -0.4 is 0 Å². The minimum absolute atomic E-state index is 0.135. The fourth-order valence-corrected chi connectivity index (χ4v) is 5.59. The summed E-state index contributed by atoms with van der Waals surface area (Å²) in [6.07, 6.45) is 6.03. The molecular formula is C26H34N4O2. The molecule has 1 amide bonds. The number of carbonyl (C=O) groups is 1. The number of amides is 1. The van der Waals surface area contributed by atoms with E-state index in [1.165, 1.54) is 23.1 Å². The van der Waals surface area contributed by atoms with Crippen LogP contribution in [0.2, 0.25) is 0 Å². The van der Waals surface area contributed by atoms with E-state index < -0.39 is 0 Å². The van der Waals surface area contributed by atoms with Crippen molar-refractivity contribution in [2.24, 2.45) is 11.3 Å². The largest absolute Gasteiger partial charge is 0.449 e. The van der Waals surface area contributed by atoms with Crippen molar-refractivity contribution in [1.29, 1.82) is 0 Å². The van der Waals surface area contributed by atoms with Crippen molar-refractivity contribution >= 4 is 6.09 Å². The van der Waals surface area contributed by atoms with Gasteiger partial charge >= 0.3 is 6.09 Å². The molecule has 170 valence electrons. The predicted octanol–water partition coefficient (Wildman–Crippen LogP) is 4.63. The van der Waals surface area contributed by atoms with Gasteiger partial charge in [0.05, 0.1) is 12.3 Å². The molecule has 1 spiro atoms. The Morgan fingerprint density at radius 1 is 1.19 bits per heavy atom. The Morgan fingerprint density at radius 3 is 2.69 bits per heavy atom. The molecule has 6 heteroatoms. The number of carbonyl (C=O) groups excluding carboxylic acids is 1. The topological polar surface area (TPSA) is 58.6 Å². The number of aryl methyl sites for hydroxylation is 2. The SMILES string of the molecule is Cc1cc(-c2ccc3c(c2)CC[C@H]3N2CC3(CCN(C(=O)OCC(C)C)CC3)C2)ncn1. The lowest BCUT2D eigenvalue weighted by Gasteiger charge is -2.56. The molecule has 2 fully saturated rings. The molecule has 0 saturated carbocycles. The maximum absolute atomic E-state index is 12.3. The Balaban J connectivity index is 1.18. The van der Waals surface area contributed by atoms with Crippen LogP contribution in [0.1, 0.15) is 56.0 Å². The van der Waals surface area contributed by atoms with Crippen molar-refractivity contribution in [3.8, 4) is 11.3 Å². The minimum atomic E-state index is -0.135. The Kier molecular flexibility index (Phi) is 5.66. The van der Waals surface area contributed by atoms with E-state index in [9.17, 15) is 4.79 Å². The summed E-state index contributed by atoms with van der Waals surface area (Å²) in [5.74, 6) is 0.380. The number of ether oxygens (including phenoxy) is 1. The number of likely N-dealkylation sites (tertiary alicyclic amines) is 2. The van der Waals surface area contributed by atoms with Crippen molar-refractivity contribution in [3.05, 3.63) is 47.4 Å². The molecule has 5 rings (SSSR count). The van der Waals surface area contributed by atoms with E-state index in [2.05, 4.69) is 53.0 Å². The monoisotopic (exact) mass is 434 g/mol. The summed E-state index contributed by atoms with van der Waals surface area (Å²) in [6.45, 7) is 10.6. The number of hydrogen-bond acceptors (Lipinski definition) is 5.